The summed E-state index contributed by atoms with van der Waals surface area (Å²) in [5.41, 5.74) is 0.126. The number of hydrogen-bond acceptors (Lipinski definition) is 6. The van der Waals surface area contributed by atoms with Crippen LogP contribution in [0.3, 0.4) is 0 Å². The molecule has 1 aliphatic heterocycles. The third-order valence-corrected chi connectivity index (χ3v) is 4.74. The number of thioether (sulfide) groups is 1. The number of hydrogen-bond donors (Lipinski definition) is 1. The molecule has 0 spiro atoms. The summed E-state index contributed by atoms with van der Waals surface area (Å²) in [6, 6.07) is 4.92. The Balaban J connectivity index is 2.42. The van der Waals surface area contributed by atoms with Crippen molar-refractivity contribution in [2.24, 2.45) is 5.92 Å². The van der Waals surface area contributed by atoms with Crippen molar-refractivity contribution in [3.05, 3.63) is 44.8 Å². The zero-order valence-electron chi connectivity index (χ0n) is 12.8. The van der Waals surface area contributed by atoms with Crippen molar-refractivity contribution >= 4 is 51.9 Å². The Morgan fingerprint density at radius 1 is 1.42 bits per heavy atom. The molecule has 1 saturated heterocycles. The smallest absolute Gasteiger partial charge is 0.327 e. The number of carbonyl (C=O) groups is 2. The number of aliphatic carboxylic acids is 1. The van der Waals surface area contributed by atoms with Crippen molar-refractivity contribution in [1.29, 1.82) is 0 Å². The minimum atomic E-state index is -1.15. The maximum Gasteiger partial charge on any atom is 0.327 e. The van der Waals surface area contributed by atoms with Crippen molar-refractivity contribution in [3.63, 3.8) is 0 Å². The summed E-state index contributed by atoms with van der Waals surface area (Å²) in [6.07, 6.45) is 1.37. The van der Waals surface area contributed by atoms with Crippen molar-refractivity contribution in [3.8, 4) is 0 Å². The van der Waals surface area contributed by atoms with E-state index in [2.05, 4.69) is 0 Å². The van der Waals surface area contributed by atoms with Gasteiger partial charge in [-0.15, -0.1) is 0 Å². The van der Waals surface area contributed by atoms with Gasteiger partial charge < -0.3 is 5.11 Å². The van der Waals surface area contributed by atoms with Crippen molar-refractivity contribution in [2.45, 2.75) is 19.9 Å². The van der Waals surface area contributed by atoms with Gasteiger partial charge in [-0.3, -0.25) is 19.8 Å². The number of amides is 1. The van der Waals surface area contributed by atoms with Crippen LogP contribution in [-0.4, -0.2) is 37.2 Å². The minimum Gasteiger partial charge on any atom is -0.480 e. The molecule has 24 heavy (non-hydrogen) atoms. The second kappa shape index (κ2) is 7.10. The van der Waals surface area contributed by atoms with Gasteiger partial charge in [-0.05, 0) is 18.1 Å². The van der Waals surface area contributed by atoms with Crippen LogP contribution in [-0.2, 0) is 9.59 Å². The maximum atomic E-state index is 12.6. The SMILES string of the molecule is CC(C)[C@@H](C(=O)O)N1C(=O)/C(=C/c2ccccc2[N+](=O)[O-])SC1=S. The van der Waals surface area contributed by atoms with E-state index in [0.717, 1.165) is 16.7 Å². The molecular weight excluding hydrogens is 352 g/mol. The molecule has 0 saturated carbocycles. The predicted octanol–water partition coefficient (Wildman–Crippen LogP) is 2.91. The molecule has 1 heterocycles. The Labute approximate surface area is 147 Å². The van der Waals surface area contributed by atoms with E-state index in [1.165, 1.54) is 24.3 Å². The molecule has 126 valence electrons. The monoisotopic (exact) mass is 366 g/mol. The van der Waals surface area contributed by atoms with Gasteiger partial charge in [0.05, 0.1) is 15.4 Å². The van der Waals surface area contributed by atoms with Gasteiger partial charge in [0.2, 0.25) is 0 Å². The molecule has 1 aromatic carbocycles. The highest BCUT2D eigenvalue weighted by Crippen LogP contribution is 2.36. The molecular formula is C15H14N2O5S2. The van der Waals surface area contributed by atoms with Crippen LogP contribution in [0.25, 0.3) is 6.08 Å². The third kappa shape index (κ3) is 3.46. The predicted molar refractivity (Wildman–Crippen MR) is 94.4 cm³/mol. The lowest BCUT2D eigenvalue weighted by Gasteiger charge is -2.26. The largest absolute Gasteiger partial charge is 0.480 e. The molecule has 1 fully saturated rings. The Bertz CT molecular complexity index is 760. The van der Waals surface area contributed by atoms with E-state index < -0.39 is 22.8 Å². The number of nitrogens with zero attached hydrogens (tertiary/aromatic N) is 2. The van der Waals surface area contributed by atoms with E-state index >= 15 is 0 Å². The highest BCUT2D eigenvalue weighted by atomic mass is 32.2. The summed E-state index contributed by atoms with van der Waals surface area (Å²) in [5.74, 6) is -2.03. The summed E-state index contributed by atoms with van der Waals surface area (Å²) in [6.45, 7) is 3.37. The minimum absolute atomic E-state index is 0.130. The first-order valence-electron chi connectivity index (χ1n) is 6.97. The van der Waals surface area contributed by atoms with Crippen LogP contribution in [0.5, 0.6) is 0 Å². The first kappa shape index (κ1) is 18.1. The second-order valence-corrected chi connectivity index (χ2v) is 7.07. The number of carboxylic acids is 1. The van der Waals surface area contributed by atoms with E-state index in [4.69, 9.17) is 12.2 Å². The van der Waals surface area contributed by atoms with Crippen molar-refractivity contribution < 1.29 is 19.6 Å². The fraction of sp³-hybridized carbons (Fsp3) is 0.267. The number of nitro groups is 1. The fourth-order valence-electron chi connectivity index (χ4n) is 2.33. The Hall–Kier alpha value is -2.26. The molecule has 7 nitrogen and oxygen atoms in total. The van der Waals surface area contributed by atoms with Crippen LogP contribution in [0, 0.1) is 16.0 Å². The Morgan fingerprint density at radius 3 is 2.58 bits per heavy atom. The lowest BCUT2D eigenvalue weighted by Crippen LogP contribution is -2.47. The molecule has 1 aliphatic rings. The van der Waals surface area contributed by atoms with E-state index in [0.29, 0.717) is 0 Å². The van der Waals surface area contributed by atoms with Gasteiger partial charge in [0.15, 0.2) is 0 Å². The van der Waals surface area contributed by atoms with E-state index in [1.807, 2.05) is 0 Å². The summed E-state index contributed by atoms with van der Waals surface area (Å²) >= 11 is 6.08. The topological polar surface area (TPSA) is 101 Å². The average Bonchev–Trinajstić information content (AvgIpc) is 2.75. The van der Waals surface area contributed by atoms with E-state index in [9.17, 15) is 24.8 Å². The first-order valence-corrected chi connectivity index (χ1v) is 8.19. The zero-order chi connectivity index (χ0) is 18.0. The standard InChI is InChI=1S/C15H14N2O5S2/c1-8(2)12(14(19)20)16-13(18)11(24-15(16)23)7-9-5-3-4-6-10(9)17(21)22/h3-8,12H,1-2H3,(H,19,20)/b11-7-/t12-/m0/s1. The second-order valence-electron chi connectivity index (χ2n) is 5.39. The number of carboxylic acid groups (broad SMARTS) is 1. The van der Waals surface area contributed by atoms with Gasteiger partial charge >= 0.3 is 5.97 Å². The summed E-state index contributed by atoms with van der Waals surface area (Å²) in [7, 11) is 0. The van der Waals surface area contributed by atoms with Gasteiger partial charge in [0.1, 0.15) is 10.4 Å². The van der Waals surface area contributed by atoms with Crippen LogP contribution >= 0.6 is 24.0 Å². The molecule has 1 aromatic rings. The molecule has 9 heteroatoms. The van der Waals surface area contributed by atoms with Crippen LogP contribution < -0.4 is 0 Å². The highest BCUT2D eigenvalue weighted by molar-refractivity contribution is 8.26. The number of para-hydroxylation sites is 1. The lowest BCUT2D eigenvalue weighted by molar-refractivity contribution is -0.385. The maximum absolute atomic E-state index is 12.6. The molecule has 1 atom stereocenters. The van der Waals surface area contributed by atoms with Crippen LogP contribution in [0.2, 0.25) is 0 Å². The summed E-state index contributed by atoms with van der Waals surface area (Å²) in [4.78, 5) is 35.8. The number of rotatable bonds is 5. The van der Waals surface area contributed by atoms with Gasteiger partial charge in [-0.25, -0.2) is 4.79 Å². The molecule has 2 rings (SSSR count). The lowest BCUT2D eigenvalue weighted by atomic mass is 10.0. The quantitative estimate of drug-likeness (QED) is 0.370. The third-order valence-electron chi connectivity index (χ3n) is 3.41. The Kier molecular flexibility index (Phi) is 5.35. The molecule has 0 aromatic heterocycles. The fourth-order valence-corrected chi connectivity index (χ4v) is 3.65. The van der Waals surface area contributed by atoms with Crippen molar-refractivity contribution in [1.82, 2.24) is 4.90 Å². The molecule has 1 N–H and O–H groups in total. The Morgan fingerprint density at radius 2 is 2.04 bits per heavy atom. The van der Waals surface area contributed by atoms with Gasteiger partial charge in [-0.2, -0.15) is 0 Å². The van der Waals surface area contributed by atoms with Crippen LogP contribution in [0.4, 0.5) is 5.69 Å². The number of nitro benzene ring substituents is 1. The van der Waals surface area contributed by atoms with Crippen LogP contribution in [0.15, 0.2) is 29.2 Å². The summed E-state index contributed by atoms with van der Waals surface area (Å²) in [5, 5.41) is 20.4. The van der Waals surface area contributed by atoms with Gasteiger partial charge in [0, 0.05) is 6.07 Å². The molecule has 0 unspecified atom stereocenters. The molecule has 0 bridgehead atoms. The molecule has 1 amide bonds. The van der Waals surface area contributed by atoms with Gasteiger partial charge in [0.25, 0.3) is 11.6 Å². The van der Waals surface area contributed by atoms with Gasteiger partial charge in [-0.1, -0.05) is 50.0 Å². The number of benzene rings is 1. The van der Waals surface area contributed by atoms with E-state index in [-0.39, 0.29) is 26.4 Å². The van der Waals surface area contributed by atoms with Crippen LogP contribution in [0.1, 0.15) is 19.4 Å². The first-order chi connectivity index (χ1) is 11.2. The van der Waals surface area contributed by atoms with Crippen molar-refractivity contribution in [2.75, 3.05) is 0 Å². The number of thiocarbonyl (C=S) groups is 1. The molecule has 0 radical (unpaired) electrons. The number of carbonyl (C=O) groups excluding carboxylic acids is 1. The summed E-state index contributed by atoms with van der Waals surface area (Å²) < 4.78 is 0.130. The normalized spacial score (nSPS) is 17.6. The average molecular weight is 366 g/mol. The molecule has 0 aliphatic carbocycles. The zero-order valence-corrected chi connectivity index (χ0v) is 14.5. The van der Waals surface area contributed by atoms with E-state index in [1.54, 1.807) is 19.9 Å². The highest BCUT2D eigenvalue weighted by Gasteiger charge is 2.42.